The minimum Gasteiger partial charge on any atom is -0.382 e. The predicted molar refractivity (Wildman–Crippen MR) is 88.9 cm³/mol. The van der Waals surface area contributed by atoms with Gasteiger partial charge in [-0.2, -0.15) is 0 Å². The van der Waals surface area contributed by atoms with E-state index in [1.807, 2.05) is 0 Å². The van der Waals surface area contributed by atoms with E-state index in [1.165, 1.54) is 48.9 Å². The molecule has 1 atom stereocenters. The van der Waals surface area contributed by atoms with Gasteiger partial charge in [-0.3, -0.25) is 0 Å². The molecule has 0 aromatic heterocycles. The number of nitrogens with one attached hydrogen (secondary N) is 1. The van der Waals surface area contributed by atoms with Crippen LogP contribution in [0.3, 0.4) is 0 Å². The number of aryl methyl sites for hydroxylation is 1. The summed E-state index contributed by atoms with van der Waals surface area (Å²) in [6, 6.07) is 18.7. The van der Waals surface area contributed by atoms with Crippen LogP contribution in [0.5, 0.6) is 0 Å². The van der Waals surface area contributed by atoms with Crippen molar-refractivity contribution in [1.29, 1.82) is 0 Å². The van der Waals surface area contributed by atoms with E-state index in [-0.39, 0.29) is 0 Å². The van der Waals surface area contributed by atoms with Crippen molar-refractivity contribution >= 4 is 5.69 Å². The number of anilines is 1. The Bertz CT molecular complexity index is 610. The molecule has 1 heteroatoms. The van der Waals surface area contributed by atoms with Crippen molar-refractivity contribution in [2.75, 3.05) is 5.32 Å². The fraction of sp³-hybridized carbons (Fsp3) is 0.400. The molecule has 1 N–H and O–H groups in total. The molecule has 2 aliphatic rings. The Hall–Kier alpha value is -1.76. The van der Waals surface area contributed by atoms with Gasteiger partial charge in [0, 0.05) is 11.7 Å². The molecule has 1 aliphatic heterocycles. The molecular formula is C20H23N. The van der Waals surface area contributed by atoms with Crippen molar-refractivity contribution in [1.82, 2.24) is 0 Å². The van der Waals surface area contributed by atoms with Crippen LogP contribution < -0.4 is 5.32 Å². The minimum atomic E-state index is 0.578. The second-order valence-corrected chi connectivity index (χ2v) is 6.61. The molecular weight excluding hydrogens is 254 g/mol. The minimum absolute atomic E-state index is 0.578. The van der Waals surface area contributed by atoms with Gasteiger partial charge in [-0.25, -0.2) is 0 Å². The third kappa shape index (κ3) is 2.70. The molecule has 2 aromatic rings. The van der Waals surface area contributed by atoms with Crippen LogP contribution >= 0.6 is 0 Å². The molecule has 0 spiro atoms. The van der Waals surface area contributed by atoms with Gasteiger partial charge < -0.3 is 5.32 Å². The van der Waals surface area contributed by atoms with Crippen LogP contribution in [0.4, 0.5) is 5.69 Å². The van der Waals surface area contributed by atoms with E-state index in [2.05, 4.69) is 53.8 Å². The smallest absolute Gasteiger partial charge is 0.0374 e. The maximum atomic E-state index is 3.71. The van der Waals surface area contributed by atoms with Gasteiger partial charge in [0.25, 0.3) is 0 Å². The standard InChI is InChI=1S/C20H23N/c1-2-7-20-18(4-1)12-13-19(21-20)14-15-8-10-17(11-9-15)16-5-3-6-16/h1-2,4,7-11,16,19,21H,3,5-6,12-14H2. The molecule has 4 rings (SSSR count). The lowest BCUT2D eigenvalue weighted by atomic mass is 9.80. The summed E-state index contributed by atoms with van der Waals surface area (Å²) in [5, 5.41) is 3.71. The van der Waals surface area contributed by atoms with E-state index in [1.54, 1.807) is 5.56 Å². The Morgan fingerprint density at radius 2 is 1.71 bits per heavy atom. The molecule has 1 aliphatic carbocycles. The summed E-state index contributed by atoms with van der Waals surface area (Å²) in [4.78, 5) is 0. The monoisotopic (exact) mass is 277 g/mol. The summed E-state index contributed by atoms with van der Waals surface area (Å²) in [5.41, 5.74) is 5.82. The van der Waals surface area contributed by atoms with Crippen LogP contribution in [0.2, 0.25) is 0 Å². The van der Waals surface area contributed by atoms with Gasteiger partial charge in [-0.1, -0.05) is 48.9 Å². The number of hydrogen-bond donors (Lipinski definition) is 1. The molecule has 2 aromatic carbocycles. The van der Waals surface area contributed by atoms with E-state index >= 15 is 0 Å². The number of para-hydroxylation sites is 1. The molecule has 0 radical (unpaired) electrons. The Labute approximate surface area is 127 Å². The largest absolute Gasteiger partial charge is 0.382 e. The average molecular weight is 277 g/mol. The van der Waals surface area contributed by atoms with Gasteiger partial charge in [0.1, 0.15) is 0 Å². The Kier molecular flexibility index (Phi) is 3.42. The Balaban J connectivity index is 1.42. The predicted octanol–water partition coefficient (Wildman–Crippen LogP) is 4.92. The van der Waals surface area contributed by atoms with E-state index in [4.69, 9.17) is 0 Å². The van der Waals surface area contributed by atoms with Crippen molar-refractivity contribution < 1.29 is 0 Å². The van der Waals surface area contributed by atoms with Crippen LogP contribution in [-0.4, -0.2) is 6.04 Å². The van der Waals surface area contributed by atoms with Crippen molar-refractivity contribution in [3.63, 3.8) is 0 Å². The van der Waals surface area contributed by atoms with Crippen LogP contribution in [0.25, 0.3) is 0 Å². The highest BCUT2D eigenvalue weighted by Crippen LogP contribution is 2.36. The molecule has 108 valence electrons. The van der Waals surface area contributed by atoms with Gasteiger partial charge in [-0.05, 0) is 60.8 Å². The van der Waals surface area contributed by atoms with Crippen molar-refractivity contribution in [2.24, 2.45) is 0 Å². The van der Waals surface area contributed by atoms with Crippen molar-refractivity contribution in [3.05, 3.63) is 65.2 Å². The first-order valence-corrected chi connectivity index (χ1v) is 8.32. The topological polar surface area (TPSA) is 12.0 Å². The van der Waals surface area contributed by atoms with Crippen LogP contribution in [0.1, 0.15) is 48.3 Å². The van der Waals surface area contributed by atoms with Crippen molar-refractivity contribution in [2.45, 2.75) is 50.5 Å². The molecule has 1 heterocycles. The SMILES string of the molecule is c1ccc2c(c1)CCC(Cc1ccc(C3CCC3)cc1)N2. The highest BCUT2D eigenvalue weighted by molar-refractivity contribution is 5.54. The summed E-state index contributed by atoms with van der Waals surface area (Å²) in [7, 11) is 0. The zero-order valence-corrected chi connectivity index (χ0v) is 12.5. The summed E-state index contributed by atoms with van der Waals surface area (Å²) in [6.07, 6.45) is 7.77. The van der Waals surface area contributed by atoms with Gasteiger partial charge in [0.15, 0.2) is 0 Å². The fourth-order valence-electron chi connectivity index (χ4n) is 3.61. The highest BCUT2D eigenvalue weighted by Gasteiger charge is 2.20. The fourth-order valence-corrected chi connectivity index (χ4v) is 3.61. The number of rotatable bonds is 3. The van der Waals surface area contributed by atoms with Gasteiger partial charge in [-0.15, -0.1) is 0 Å². The molecule has 0 amide bonds. The number of fused-ring (bicyclic) bond motifs is 1. The summed E-state index contributed by atoms with van der Waals surface area (Å²) in [5.74, 6) is 0.846. The zero-order valence-electron chi connectivity index (χ0n) is 12.5. The lowest BCUT2D eigenvalue weighted by molar-refractivity contribution is 0.419. The Morgan fingerprint density at radius 3 is 2.48 bits per heavy atom. The second kappa shape index (κ2) is 5.55. The summed E-state index contributed by atoms with van der Waals surface area (Å²) < 4.78 is 0. The normalized spacial score (nSPS) is 21.2. The average Bonchev–Trinajstić information content (AvgIpc) is 2.47. The maximum absolute atomic E-state index is 3.71. The van der Waals surface area contributed by atoms with Crippen LogP contribution in [0, 0.1) is 0 Å². The molecule has 21 heavy (non-hydrogen) atoms. The molecule has 0 bridgehead atoms. The molecule has 1 unspecified atom stereocenters. The van der Waals surface area contributed by atoms with E-state index in [0.717, 1.165) is 12.3 Å². The van der Waals surface area contributed by atoms with Gasteiger partial charge in [0.2, 0.25) is 0 Å². The third-order valence-electron chi connectivity index (χ3n) is 5.18. The summed E-state index contributed by atoms with van der Waals surface area (Å²) in [6.45, 7) is 0. The molecule has 1 fully saturated rings. The lowest BCUT2D eigenvalue weighted by Gasteiger charge is -2.28. The molecule has 0 saturated heterocycles. The summed E-state index contributed by atoms with van der Waals surface area (Å²) >= 11 is 0. The second-order valence-electron chi connectivity index (χ2n) is 6.61. The quantitative estimate of drug-likeness (QED) is 0.839. The van der Waals surface area contributed by atoms with E-state index in [9.17, 15) is 0 Å². The van der Waals surface area contributed by atoms with Gasteiger partial charge in [0.05, 0.1) is 0 Å². The highest BCUT2D eigenvalue weighted by atomic mass is 14.9. The lowest BCUT2D eigenvalue weighted by Crippen LogP contribution is -2.27. The Morgan fingerprint density at radius 1 is 0.905 bits per heavy atom. The van der Waals surface area contributed by atoms with E-state index in [0.29, 0.717) is 6.04 Å². The first-order chi connectivity index (χ1) is 10.4. The first kappa shape index (κ1) is 12.9. The van der Waals surface area contributed by atoms with E-state index < -0.39 is 0 Å². The van der Waals surface area contributed by atoms with Crippen LogP contribution in [0.15, 0.2) is 48.5 Å². The van der Waals surface area contributed by atoms with Gasteiger partial charge >= 0.3 is 0 Å². The van der Waals surface area contributed by atoms with Crippen molar-refractivity contribution in [3.8, 4) is 0 Å². The first-order valence-electron chi connectivity index (χ1n) is 8.32. The maximum Gasteiger partial charge on any atom is 0.0374 e. The number of benzene rings is 2. The zero-order chi connectivity index (χ0) is 14.1. The number of hydrogen-bond acceptors (Lipinski definition) is 1. The molecule has 1 saturated carbocycles. The third-order valence-corrected chi connectivity index (χ3v) is 5.18. The van der Waals surface area contributed by atoms with Crippen LogP contribution in [-0.2, 0) is 12.8 Å². The molecule has 1 nitrogen and oxygen atoms in total.